The highest BCUT2D eigenvalue weighted by molar-refractivity contribution is 7.24. The minimum Gasteiger partial charge on any atom is -0.297 e. The molecule has 0 unspecified atom stereocenters. The highest BCUT2D eigenvalue weighted by atomic mass is 32.1. The summed E-state index contributed by atoms with van der Waals surface area (Å²) in [5.41, 5.74) is 1.83. The molecule has 0 amide bonds. The van der Waals surface area contributed by atoms with Crippen LogP contribution in [0.15, 0.2) is 36.4 Å². The van der Waals surface area contributed by atoms with Crippen LogP contribution in [-0.2, 0) is 0 Å². The van der Waals surface area contributed by atoms with Crippen LogP contribution in [0.1, 0.15) is 29.1 Å². The number of benzene rings is 2. The summed E-state index contributed by atoms with van der Waals surface area (Å²) in [6.07, 6.45) is 1.89. The molecule has 146 valence electrons. The van der Waals surface area contributed by atoms with E-state index in [1.807, 2.05) is 0 Å². The second-order valence-corrected chi connectivity index (χ2v) is 12.1. The summed E-state index contributed by atoms with van der Waals surface area (Å²) in [5, 5.41) is 4.52. The predicted octanol–water partition coefficient (Wildman–Crippen LogP) is 8.45. The number of aldehydes is 2. The number of thiophene rings is 4. The monoisotopic (exact) mass is 462 g/mol. The number of carbonyl (C=O) groups is 2. The van der Waals surface area contributed by atoms with E-state index in [2.05, 4.69) is 50.2 Å². The highest BCUT2D eigenvalue weighted by Crippen LogP contribution is 2.50. The van der Waals surface area contributed by atoms with Gasteiger partial charge in [0, 0.05) is 61.2 Å². The maximum Gasteiger partial charge on any atom is 0.160 e. The van der Waals surface area contributed by atoms with Gasteiger partial charge < -0.3 is 0 Å². The first kappa shape index (κ1) is 18.4. The summed E-state index contributed by atoms with van der Waals surface area (Å²) < 4.78 is 4.59. The van der Waals surface area contributed by atoms with Gasteiger partial charge >= 0.3 is 0 Å². The first-order valence-corrected chi connectivity index (χ1v) is 12.7. The van der Waals surface area contributed by atoms with Gasteiger partial charge in [0.05, 0.1) is 9.75 Å². The van der Waals surface area contributed by atoms with Gasteiger partial charge in [0.2, 0.25) is 0 Å². The predicted molar refractivity (Wildman–Crippen MR) is 134 cm³/mol. The van der Waals surface area contributed by atoms with Crippen LogP contribution in [0.25, 0.3) is 51.5 Å². The Labute approximate surface area is 188 Å². The summed E-state index contributed by atoms with van der Waals surface area (Å²) in [4.78, 5) is 28.2. The molecule has 0 atom stereocenters. The molecule has 0 aliphatic carbocycles. The average molecular weight is 463 g/mol. The molecule has 0 N–H and O–H groups in total. The number of carbonyl (C=O) groups excluding carboxylic acids is 2. The molecule has 6 heteroatoms. The van der Waals surface area contributed by atoms with Gasteiger partial charge in [-0.2, -0.15) is 0 Å². The molecule has 0 fully saturated rings. The second-order valence-electron chi connectivity index (χ2n) is 7.33. The SMILES string of the molecule is Cc1cc2c(ccc3sc(C=O)c(-c4c(C=O)sc5ccc6sc(C)cc6c45)c32)s1. The Morgan fingerprint density at radius 3 is 1.40 bits per heavy atom. The van der Waals surface area contributed by atoms with Crippen molar-refractivity contribution in [3.63, 3.8) is 0 Å². The standard InChI is InChI=1S/C24H14O2S4/c1-11-7-13-15(27-11)3-5-17-21(13)23(19(9-25)29-17)24-20(10-26)30-18-6-4-16-14(22(18)24)8-12(2)28-16/h3-10H,1-2H3. The third-order valence-corrected chi connectivity index (χ3v) is 9.66. The van der Waals surface area contributed by atoms with E-state index >= 15 is 0 Å². The van der Waals surface area contributed by atoms with Gasteiger partial charge in [0.25, 0.3) is 0 Å². The number of fused-ring (bicyclic) bond motifs is 6. The molecule has 30 heavy (non-hydrogen) atoms. The first-order valence-electron chi connectivity index (χ1n) is 9.41. The van der Waals surface area contributed by atoms with Crippen molar-refractivity contribution in [1.29, 1.82) is 0 Å². The topological polar surface area (TPSA) is 34.1 Å². The Morgan fingerprint density at radius 1 is 0.600 bits per heavy atom. The van der Waals surface area contributed by atoms with Crippen molar-refractivity contribution in [3.05, 3.63) is 55.9 Å². The molecular weight excluding hydrogens is 449 g/mol. The van der Waals surface area contributed by atoms with Gasteiger partial charge in [-0.05, 0) is 50.2 Å². The zero-order chi connectivity index (χ0) is 20.6. The fraction of sp³-hybridized carbons (Fsp3) is 0.0833. The lowest BCUT2D eigenvalue weighted by molar-refractivity contribution is 0.111. The van der Waals surface area contributed by atoms with Crippen molar-refractivity contribution in [2.45, 2.75) is 13.8 Å². The zero-order valence-electron chi connectivity index (χ0n) is 16.1. The molecule has 0 aliphatic heterocycles. The van der Waals surface area contributed by atoms with Crippen LogP contribution in [0.3, 0.4) is 0 Å². The smallest absolute Gasteiger partial charge is 0.160 e. The number of hydrogen-bond donors (Lipinski definition) is 0. The van der Waals surface area contributed by atoms with Gasteiger partial charge in [0.1, 0.15) is 0 Å². The van der Waals surface area contributed by atoms with Crippen LogP contribution in [0.2, 0.25) is 0 Å². The summed E-state index contributed by atoms with van der Waals surface area (Å²) in [6, 6.07) is 12.9. The number of aryl methyl sites for hydroxylation is 2. The lowest BCUT2D eigenvalue weighted by Gasteiger charge is -2.05. The van der Waals surface area contributed by atoms with Crippen molar-refractivity contribution in [1.82, 2.24) is 0 Å². The van der Waals surface area contributed by atoms with E-state index in [4.69, 9.17) is 0 Å². The van der Waals surface area contributed by atoms with Crippen molar-refractivity contribution in [3.8, 4) is 11.1 Å². The van der Waals surface area contributed by atoms with E-state index in [9.17, 15) is 9.59 Å². The molecule has 0 spiro atoms. The molecule has 0 saturated heterocycles. The summed E-state index contributed by atoms with van der Waals surface area (Å²) in [6.45, 7) is 4.22. The van der Waals surface area contributed by atoms with Crippen LogP contribution in [0, 0.1) is 13.8 Å². The van der Waals surface area contributed by atoms with Gasteiger partial charge in [-0.1, -0.05) is 0 Å². The van der Waals surface area contributed by atoms with Gasteiger partial charge in [0.15, 0.2) is 12.6 Å². The first-order chi connectivity index (χ1) is 14.6. The molecule has 4 heterocycles. The van der Waals surface area contributed by atoms with E-state index in [0.29, 0.717) is 9.75 Å². The quantitative estimate of drug-likeness (QED) is 0.247. The van der Waals surface area contributed by atoms with Gasteiger partial charge in [-0.3, -0.25) is 9.59 Å². The fourth-order valence-electron chi connectivity index (χ4n) is 4.37. The van der Waals surface area contributed by atoms with E-state index in [0.717, 1.165) is 43.9 Å². The Kier molecular flexibility index (Phi) is 4.02. The van der Waals surface area contributed by atoms with E-state index < -0.39 is 0 Å². The third-order valence-electron chi connectivity index (χ3n) is 5.47. The van der Waals surface area contributed by atoms with Crippen LogP contribution in [-0.4, -0.2) is 12.6 Å². The minimum atomic E-state index is 0.688. The van der Waals surface area contributed by atoms with Crippen LogP contribution < -0.4 is 0 Å². The van der Waals surface area contributed by atoms with Crippen LogP contribution in [0.5, 0.6) is 0 Å². The normalized spacial score (nSPS) is 11.9. The molecule has 0 saturated carbocycles. The molecule has 6 aromatic rings. The second kappa shape index (κ2) is 6.56. The van der Waals surface area contributed by atoms with Crippen molar-refractivity contribution < 1.29 is 9.59 Å². The Balaban J connectivity index is 1.88. The molecule has 0 bridgehead atoms. The molecule has 2 nitrogen and oxygen atoms in total. The lowest BCUT2D eigenvalue weighted by atomic mass is 9.96. The van der Waals surface area contributed by atoms with Gasteiger partial charge in [-0.15, -0.1) is 45.3 Å². The maximum absolute atomic E-state index is 12.2. The van der Waals surface area contributed by atoms with Crippen LogP contribution >= 0.6 is 45.3 Å². The molecular formula is C24H14O2S4. The van der Waals surface area contributed by atoms with Gasteiger partial charge in [-0.25, -0.2) is 0 Å². The van der Waals surface area contributed by atoms with Crippen molar-refractivity contribution in [2.75, 3.05) is 0 Å². The third kappa shape index (κ3) is 2.45. The highest BCUT2D eigenvalue weighted by Gasteiger charge is 2.24. The fourth-order valence-corrected chi connectivity index (χ4v) is 8.32. The Morgan fingerprint density at radius 2 is 1.00 bits per heavy atom. The van der Waals surface area contributed by atoms with E-state index in [1.54, 1.807) is 22.7 Å². The Bertz CT molecular complexity index is 1530. The van der Waals surface area contributed by atoms with E-state index in [-0.39, 0.29) is 0 Å². The molecule has 0 aliphatic rings. The number of hydrogen-bond acceptors (Lipinski definition) is 6. The lowest BCUT2D eigenvalue weighted by Crippen LogP contribution is -1.86. The molecule has 4 aromatic heterocycles. The molecule has 2 aromatic carbocycles. The van der Waals surface area contributed by atoms with Crippen molar-refractivity contribution >= 4 is 98.3 Å². The summed E-state index contributed by atoms with van der Waals surface area (Å²) in [5.74, 6) is 0. The summed E-state index contributed by atoms with van der Waals surface area (Å²) in [7, 11) is 0. The Hall–Kier alpha value is -2.38. The van der Waals surface area contributed by atoms with Crippen LogP contribution in [0.4, 0.5) is 0 Å². The zero-order valence-corrected chi connectivity index (χ0v) is 19.3. The molecule has 6 rings (SSSR count). The number of rotatable bonds is 3. The van der Waals surface area contributed by atoms with E-state index in [1.165, 1.54) is 52.6 Å². The van der Waals surface area contributed by atoms with Crippen molar-refractivity contribution in [2.24, 2.45) is 0 Å². The average Bonchev–Trinajstić information content (AvgIpc) is 3.46. The maximum atomic E-state index is 12.2. The molecule has 0 radical (unpaired) electrons. The minimum absolute atomic E-state index is 0.688. The summed E-state index contributed by atoms with van der Waals surface area (Å²) >= 11 is 6.55. The largest absolute Gasteiger partial charge is 0.297 e.